The number of hydrogen-bond acceptors (Lipinski definition) is 5. The lowest BCUT2D eigenvalue weighted by Gasteiger charge is -2.12. The second kappa shape index (κ2) is 6.37. The largest absolute Gasteiger partial charge is 0.296 e. The van der Waals surface area contributed by atoms with E-state index in [4.69, 9.17) is 0 Å². The summed E-state index contributed by atoms with van der Waals surface area (Å²) in [5.41, 5.74) is 3.55. The number of rotatable bonds is 2. The van der Waals surface area contributed by atoms with E-state index in [2.05, 4.69) is 15.4 Å². The van der Waals surface area contributed by atoms with Crippen molar-refractivity contribution in [3.05, 3.63) is 80.4 Å². The first-order chi connectivity index (χ1) is 14.0. The monoisotopic (exact) mass is 387 g/mol. The minimum Gasteiger partial charge on any atom is -0.296 e. The van der Waals surface area contributed by atoms with Crippen molar-refractivity contribution in [2.75, 3.05) is 5.43 Å². The number of fused-ring (bicyclic) bond motifs is 3. The van der Waals surface area contributed by atoms with Crippen molar-refractivity contribution >= 4 is 27.7 Å². The number of benzene rings is 2. The molecule has 5 rings (SSSR count). The molecule has 1 aliphatic heterocycles. The van der Waals surface area contributed by atoms with Crippen LogP contribution in [-0.4, -0.2) is 25.1 Å². The molecule has 8 heteroatoms. The van der Waals surface area contributed by atoms with Gasteiger partial charge in [0.1, 0.15) is 11.6 Å². The zero-order valence-corrected chi connectivity index (χ0v) is 15.7. The maximum Gasteiger partial charge on any atom is 0.280 e. The van der Waals surface area contributed by atoms with Gasteiger partial charge in [0.15, 0.2) is 0 Å². The average molecular weight is 387 g/mol. The number of aromatic nitrogens is 4. The van der Waals surface area contributed by atoms with E-state index in [1.165, 1.54) is 0 Å². The van der Waals surface area contributed by atoms with E-state index in [0.29, 0.717) is 39.7 Å². The van der Waals surface area contributed by atoms with Crippen LogP contribution in [0.5, 0.6) is 0 Å². The van der Waals surface area contributed by atoms with Gasteiger partial charge >= 0.3 is 0 Å². The molecule has 0 unspecified atom stereocenters. The van der Waals surface area contributed by atoms with Crippen LogP contribution >= 0.6 is 0 Å². The highest BCUT2D eigenvalue weighted by molar-refractivity contribution is 6.02. The van der Waals surface area contributed by atoms with E-state index in [1.54, 1.807) is 54.0 Å². The third-order valence-electron chi connectivity index (χ3n) is 5.24. The number of carbonyl (C=O) groups is 1. The van der Waals surface area contributed by atoms with Crippen LogP contribution in [0, 0.1) is 6.92 Å². The smallest absolute Gasteiger partial charge is 0.280 e. The summed E-state index contributed by atoms with van der Waals surface area (Å²) in [6, 6.07) is 11.7. The first kappa shape index (κ1) is 17.3. The Morgan fingerprint density at radius 2 is 1.79 bits per heavy atom. The molecule has 0 aliphatic carbocycles. The molecular weight excluding hydrogens is 370 g/mol. The molecule has 29 heavy (non-hydrogen) atoms. The Hall–Kier alpha value is -3.81. The van der Waals surface area contributed by atoms with Gasteiger partial charge in [0.05, 0.1) is 21.8 Å². The van der Waals surface area contributed by atoms with Crippen molar-refractivity contribution in [3.8, 4) is 0 Å². The summed E-state index contributed by atoms with van der Waals surface area (Å²) in [4.78, 5) is 47.1. The Morgan fingerprint density at radius 1 is 1.00 bits per heavy atom. The number of hydrogen-bond donors (Lipinski definition) is 1. The lowest BCUT2D eigenvalue weighted by Crippen LogP contribution is -2.35. The highest BCUT2D eigenvalue weighted by atomic mass is 16.2. The van der Waals surface area contributed by atoms with E-state index in [0.717, 1.165) is 23.3 Å². The second-order valence-corrected chi connectivity index (χ2v) is 7.08. The maximum absolute atomic E-state index is 12.8. The standard InChI is InChI=1S/C21H17N5O3/c1-12-22-16-6-3-2-5-14(16)21(29)26(12)24-19(27)13-8-9-15-17(11-13)23-18-7-4-10-25(18)20(15)28/h2-3,5-6,8-9,11H,4,7,10H2,1H3,(H,24,27). The van der Waals surface area contributed by atoms with Gasteiger partial charge in [-0.05, 0) is 43.7 Å². The van der Waals surface area contributed by atoms with E-state index < -0.39 is 5.91 Å². The van der Waals surface area contributed by atoms with E-state index >= 15 is 0 Å². The molecule has 0 saturated heterocycles. The minimum absolute atomic E-state index is 0.0831. The van der Waals surface area contributed by atoms with E-state index in [1.807, 2.05) is 0 Å². The summed E-state index contributed by atoms with van der Waals surface area (Å²) in [6.07, 6.45) is 1.64. The summed E-state index contributed by atoms with van der Waals surface area (Å²) < 4.78 is 2.83. The van der Waals surface area contributed by atoms with Gasteiger partial charge in [-0.2, -0.15) is 0 Å². The zero-order chi connectivity index (χ0) is 20.1. The molecule has 0 fully saturated rings. The summed E-state index contributed by atoms with van der Waals surface area (Å²) in [5, 5.41) is 0.898. The zero-order valence-electron chi connectivity index (χ0n) is 15.7. The molecule has 0 atom stereocenters. The third kappa shape index (κ3) is 2.72. The molecule has 3 heterocycles. The molecule has 2 aromatic carbocycles. The van der Waals surface area contributed by atoms with Crippen molar-refractivity contribution < 1.29 is 4.79 Å². The van der Waals surface area contributed by atoms with Crippen molar-refractivity contribution in [2.24, 2.45) is 0 Å². The molecule has 2 aromatic heterocycles. The fraction of sp³-hybridized carbons (Fsp3) is 0.190. The summed E-state index contributed by atoms with van der Waals surface area (Å²) in [5.74, 6) is 0.638. The second-order valence-electron chi connectivity index (χ2n) is 7.08. The van der Waals surface area contributed by atoms with Crippen LogP contribution in [0.4, 0.5) is 0 Å². The Balaban J connectivity index is 1.56. The number of nitrogens with zero attached hydrogens (tertiary/aromatic N) is 4. The summed E-state index contributed by atoms with van der Waals surface area (Å²) >= 11 is 0. The molecule has 0 radical (unpaired) electrons. The molecule has 1 amide bonds. The Morgan fingerprint density at radius 3 is 2.66 bits per heavy atom. The number of para-hydroxylation sites is 1. The van der Waals surface area contributed by atoms with Gasteiger partial charge in [-0.25, -0.2) is 14.6 Å². The molecule has 4 aromatic rings. The van der Waals surface area contributed by atoms with Gasteiger partial charge in [-0.3, -0.25) is 24.4 Å². The number of aryl methyl sites for hydroxylation is 2. The predicted molar refractivity (Wildman–Crippen MR) is 109 cm³/mol. The molecule has 1 aliphatic rings. The van der Waals surface area contributed by atoms with Crippen molar-refractivity contribution in [2.45, 2.75) is 26.3 Å². The van der Waals surface area contributed by atoms with Crippen LogP contribution in [-0.2, 0) is 13.0 Å². The molecule has 0 saturated carbocycles. The number of amides is 1. The summed E-state index contributed by atoms with van der Waals surface area (Å²) in [7, 11) is 0. The van der Waals surface area contributed by atoms with Gasteiger partial charge < -0.3 is 0 Å². The van der Waals surface area contributed by atoms with Gasteiger partial charge in [0.25, 0.3) is 17.0 Å². The van der Waals surface area contributed by atoms with Crippen LogP contribution in [0.2, 0.25) is 0 Å². The van der Waals surface area contributed by atoms with Crippen LogP contribution in [0.3, 0.4) is 0 Å². The van der Waals surface area contributed by atoms with Gasteiger partial charge in [-0.15, -0.1) is 0 Å². The Labute approximate surface area is 164 Å². The Kier molecular flexibility index (Phi) is 3.80. The molecule has 0 bridgehead atoms. The molecule has 0 spiro atoms. The van der Waals surface area contributed by atoms with Crippen molar-refractivity contribution in [1.29, 1.82) is 0 Å². The van der Waals surface area contributed by atoms with Crippen LogP contribution in [0.15, 0.2) is 52.1 Å². The number of carbonyl (C=O) groups excluding carboxylic acids is 1. The highest BCUT2D eigenvalue weighted by Crippen LogP contribution is 2.16. The third-order valence-corrected chi connectivity index (χ3v) is 5.24. The lowest BCUT2D eigenvalue weighted by atomic mass is 10.1. The van der Waals surface area contributed by atoms with Crippen molar-refractivity contribution in [1.82, 2.24) is 19.2 Å². The van der Waals surface area contributed by atoms with Gasteiger partial charge in [-0.1, -0.05) is 12.1 Å². The van der Waals surface area contributed by atoms with Crippen LogP contribution < -0.4 is 16.5 Å². The molecule has 8 nitrogen and oxygen atoms in total. The van der Waals surface area contributed by atoms with Gasteiger partial charge in [0, 0.05) is 18.5 Å². The minimum atomic E-state index is -0.475. The van der Waals surface area contributed by atoms with Crippen LogP contribution in [0.1, 0.15) is 28.4 Å². The topological polar surface area (TPSA) is 98.9 Å². The first-order valence-electron chi connectivity index (χ1n) is 9.36. The van der Waals surface area contributed by atoms with Crippen molar-refractivity contribution in [3.63, 3.8) is 0 Å². The fourth-order valence-electron chi connectivity index (χ4n) is 3.77. The molecule has 144 valence electrons. The predicted octanol–water partition coefficient (Wildman–Crippen LogP) is 1.74. The average Bonchev–Trinajstić information content (AvgIpc) is 3.19. The fourth-order valence-corrected chi connectivity index (χ4v) is 3.77. The normalized spacial score (nSPS) is 13.0. The SMILES string of the molecule is Cc1nc2ccccc2c(=O)n1NC(=O)c1ccc2c(=O)n3c(nc2c1)CCC3. The van der Waals surface area contributed by atoms with E-state index in [-0.39, 0.29) is 11.1 Å². The molecular formula is C21H17N5O3. The summed E-state index contributed by atoms with van der Waals surface area (Å²) in [6.45, 7) is 2.33. The maximum atomic E-state index is 12.8. The highest BCUT2D eigenvalue weighted by Gasteiger charge is 2.18. The van der Waals surface area contributed by atoms with E-state index in [9.17, 15) is 14.4 Å². The molecule has 1 N–H and O–H groups in total. The lowest BCUT2D eigenvalue weighted by molar-refractivity contribution is 0.101. The van der Waals surface area contributed by atoms with Crippen LogP contribution in [0.25, 0.3) is 21.8 Å². The number of nitrogens with one attached hydrogen (secondary N) is 1. The quantitative estimate of drug-likeness (QED) is 0.565. The van der Waals surface area contributed by atoms with Gasteiger partial charge in [0.2, 0.25) is 0 Å². The Bertz CT molecular complexity index is 1430. The first-order valence-corrected chi connectivity index (χ1v) is 9.36.